The van der Waals surface area contributed by atoms with Crippen LogP contribution in [0.5, 0.6) is 0 Å². The molecule has 0 aliphatic heterocycles. The van der Waals surface area contributed by atoms with Gasteiger partial charge in [-0.05, 0) is 73.9 Å². The van der Waals surface area contributed by atoms with E-state index in [0.717, 1.165) is 39.4 Å². The Morgan fingerprint density at radius 3 is 2.62 bits per heavy atom. The Bertz CT molecular complexity index is 1410. The number of nitrogens with zero attached hydrogens (tertiary/aromatic N) is 3. The molecule has 32 heavy (non-hydrogen) atoms. The molecule has 1 N–H and O–H groups in total. The molecule has 3 heterocycles. The highest BCUT2D eigenvalue weighted by atomic mass is 16.3. The number of aromatic nitrogens is 3. The van der Waals surface area contributed by atoms with Crippen LogP contribution in [0.4, 0.5) is 5.82 Å². The number of furan rings is 1. The van der Waals surface area contributed by atoms with E-state index in [1.54, 1.807) is 6.26 Å². The van der Waals surface area contributed by atoms with Crippen molar-refractivity contribution in [3.63, 3.8) is 0 Å². The molecule has 0 radical (unpaired) electrons. The third-order valence-corrected chi connectivity index (χ3v) is 5.89. The lowest BCUT2D eigenvalue weighted by atomic mass is 10.0. The van der Waals surface area contributed by atoms with E-state index in [-0.39, 0.29) is 6.04 Å². The van der Waals surface area contributed by atoms with E-state index < -0.39 is 0 Å². The molecule has 0 bridgehead atoms. The molecule has 0 saturated heterocycles. The summed E-state index contributed by atoms with van der Waals surface area (Å²) >= 11 is 0. The zero-order valence-corrected chi connectivity index (χ0v) is 18.8. The maximum atomic E-state index is 5.59. The van der Waals surface area contributed by atoms with Gasteiger partial charge in [0.2, 0.25) is 0 Å². The molecular weight excluding hydrogens is 396 g/mol. The highest BCUT2D eigenvalue weighted by Crippen LogP contribution is 2.29. The summed E-state index contributed by atoms with van der Waals surface area (Å²) in [6.45, 7) is 6.14. The largest absolute Gasteiger partial charge is 0.464 e. The third kappa shape index (κ3) is 3.78. The Balaban J connectivity index is 1.44. The molecule has 5 heteroatoms. The van der Waals surface area contributed by atoms with E-state index in [1.165, 1.54) is 16.8 Å². The second-order valence-corrected chi connectivity index (χ2v) is 8.31. The summed E-state index contributed by atoms with van der Waals surface area (Å²) in [5.74, 6) is 1.55. The molecule has 2 aromatic carbocycles. The summed E-state index contributed by atoms with van der Waals surface area (Å²) in [5, 5.41) is 4.67. The summed E-state index contributed by atoms with van der Waals surface area (Å²) in [6, 6.07) is 21.1. The van der Waals surface area contributed by atoms with E-state index in [0.29, 0.717) is 0 Å². The normalized spacial score (nSPS) is 12.2. The van der Waals surface area contributed by atoms with E-state index in [2.05, 4.69) is 89.4 Å². The van der Waals surface area contributed by atoms with Crippen LogP contribution in [0.3, 0.4) is 0 Å². The summed E-state index contributed by atoms with van der Waals surface area (Å²) in [5.41, 5.74) is 7.56. The average Bonchev–Trinajstić information content (AvgIpc) is 3.38. The predicted molar refractivity (Wildman–Crippen MR) is 130 cm³/mol. The van der Waals surface area contributed by atoms with Gasteiger partial charge in [0.25, 0.3) is 0 Å². The standard InChI is InChI=1S/C27H26N4O/c1-17-16-32-26-11-10-21(14-23(17)26)24-15-27(30-19(3)29-24)28-18(2)20-7-5-8-22(13-20)25-9-6-12-31(25)4/h5-16,18H,1-4H3,(H,28,29,30)/t18-/m0/s1. The molecular formula is C27H26N4O. The average molecular weight is 423 g/mol. The molecule has 0 aliphatic rings. The molecule has 5 aromatic rings. The first-order chi connectivity index (χ1) is 15.5. The Hall–Kier alpha value is -3.86. The number of nitrogens with one attached hydrogen (secondary N) is 1. The summed E-state index contributed by atoms with van der Waals surface area (Å²) < 4.78 is 7.72. The molecule has 0 spiro atoms. The second-order valence-electron chi connectivity index (χ2n) is 8.31. The van der Waals surface area contributed by atoms with E-state index >= 15 is 0 Å². The van der Waals surface area contributed by atoms with Crippen LogP contribution in [-0.4, -0.2) is 14.5 Å². The van der Waals surface area contributed by atoms with Crippen molar-refractivity contribution in [2.45, 2.75) is 26.8 Å². The lowest BCUT2D eigenvalue weighted by Gasteiger charge is -2.17. The van der Waals surface area contributed by atoms with Crippen LogP contribution in [0.2, 0.25) is 0 Å². The Labute approximate surface area is 187 Å². The smallest absolute Gasteiger partial charge is 0.134 e. The van der Waals surface area contributed by atoms with Crippen LogP contribution in [0.1, 0.15) is 29.9 Å². The topological polar surface area (TPSA) is 55.9 Å². The van der Waals surface area contributed by atoms with Gasteiger partial charge < -0.3 is 14.3 Å². The van der Waals surface area contributed by atoms with Crippen molar-refractivity contribution < 1.29 is 4.42 Å². The van der Waals surface area contributed by atoms with Crippen molar-refractivity contribution in [1.82, 2.24) is 14.5 Å². The van der Waals surface area contributed by atoms with Crippen molar-refractivity contribution in [3.8, 4) is 22.5 Å². The van der Waals surface area contributed by atoms with E-state index in [1.807, 2.05) is 25.1 Å². The number of rotatable bonds is 5. The lowest BCUT2D eigenvalue weighted by molar-refractivity contribution is 0.613. The maximum absolute atomic E-state index is 5.59. The third-order valence-electron chi connectivity index (χ3n) is 5.89. The molecule has 0 saturated carbocycles. The second kappa shape index (κ2) is 8.00. The zero-order chi connectivity index (χ0) is 22.2. The molecule has 5 rings (SSSR count). The van der Waals surface area contributed by atoms with Crippen LogP contribution in [0, 0.1) is 13.8 Å². The fourth-order valence-electron chi connectivity index (χ4n) is 4.14. The maximum Gasteiger partial charge on any atom is 0.134 e. The fourth-order valence-corrected chi connectivity index (χ4v) is 4.14. The minimum atomic E-state index is 0.0935. The first kappa shape index (κ1) is 20.1. The monoisotopic (exact) mass is 422 g/mol. The van der Waals surface area contributed by atoms with Gasteiger partial charge >= 0.3 is 0 Å². The van der Waals surface area contributed by atoms with Crippen LogP contribution < -0.4 is 5.32 Å². The van der Waals surface area contributed by atoms with Gasteiger partial charge in [0.15, 0.2) is 0 Å². The number of hydrogen-bond acceptors (Lipinski definition) is 4. The number of hydrogen-bond donors (Lipinski definition) is 1. The van der Waals surface area contributed by atoms with E-state index in [4.69, 9.17) is 4.42 Å². The predicted octanol–water partition coefficient (Wildman–Crippen LogP) is 6.69. The number of anilines is 1. The van der Waals surface area contributed by atoms with E-state index in [9.17, 15) is 0 Å². The quantitative estimate of drug-likeness (QED) is 0.343. The van der Waals surface area contributed by atoms with Crippen molar-refractivity contribution in [2.75, 3.05) is 5.32 Å². The van der Waals surface area contributed by atoms with Gasteiger partial charge in [0.05, 0.1) is 12.0 Å². The molecule has 160 valence electrons. The van der Waals surface area contributed by atoms with Gasteiger partial charge in [-0.15, -0.1) is 0 Å². The van der Waals surface area contributed by atoms with Crippen molar-refractivity contribution >= 4 is 16.8 Å². The SMILES string of the molecule is Cc1nc(N[C@@H](C)c2cccc(-c3cccn3C)c2)cc(-c2ccc3occ(C)c3c2)n1. The zero-order valence-electron chi connectivity index (χ0n) is 18.8. The van der Waals surface area contributed by atoms with Gasteiger partial charge in [-0.3, -0.25) is 0 Å². The van der Waals surface area contributed by atoms with Crippen LogP contribution >= 0.6 is 0 Å². The minimum Gasteiger partial charge on any atom is -0.464 e. The number of fused-ring (bicyclic) bond motifs is 1. The molecule has 0 unspecified atom stereocenters. The highest BCUT2D eigenvalue weighted by Gasteiger charge is 2.12. The van der Waals surface area contributed by atoms with Crippen LogP contribution in [-0.2, 0) is 7.05 Å². The summed E-state index contributed by atoms with van der Waals surface area (Å²) in [6.07, 6.45) is 3.86. The first-order valence-corrected chi connectivity index (χ1v) is 10.8. The Kier molecular flexibility index (Phi) is 5.02. The van der Waals surface area contributed by atoms with Crippen molar-refractivity contribution in [2.24, 2.45) is 7.05 Å². The first-order valence-electron chi connectivity index (χ1n) is 10.8. The fraction of sp³-hybridized carbons (Fsp3) is 0.185. The van der Waals surface area contributed by atoms with Crippen LogP contribution in [0.25, 0.3) is 33.5 Å². The number of aryl methyl sites for hydroxylation is 3. The lowest BCUT2D eigenvalue weighted by Crippen LogP contribution is -2.09. The van der Waals surface area contributed by atoms with Gasteiger partial charge in [0.1, 0.15) is 17.2 Å². The highest BCUT2D eigenvalue weighted by molar-refractivity contribution is 5.85. The molecule has 1 atom stereocenters. The Morgan fingerprint density at radius 2 is 1.81 bits per heavy atom. The van der Waals surface area contributed by atoms with Crippen molar-refractivity contribution in [3.05, 3.63) is 90.1 Å². The van der Waals surface area contributed by atoms with Gasteiger partial charge in [0, 0.05) is 42.0 Å². The van der Waals surface area contributed by atoms with Crippen LogP contribution in [0.15, 0.2) is 77.5 Å². The summed E-state index contributed by atoms with van der Waals surface area (Å²) in [4.78, 5) is 9.31. The Morgan fingerprint density at radius 1 is 0.938 bits per heavy atom. The minimum absolute atomic E-state index is 0.0935. The molecule has 3 aromatic heterocycles. The van der Waals surface area contributed by atoms with Crippen molar-refractivity contribution in [1.29, 1.82) is 0 Å². The summed E-state index contributed by atoms with van der Waals surface area (Å²) in [7, 11) is 2.07. The van der Waals surface area contributed by atoms with Gasteiger partial charge in [-0.2, -0.15) is 0 Å². The molecule has 0 aliphatic carbocycles. The molecule has 0 fully saturated rings. The number of benzene rings is 2. The molecule has 0 amide bonds. The van der Waals surface area contributed by atoms with Gasteiger partial charge in [-0.1, -0.05) is 18.2 Å². The molecule has 5 nitrogen and oxygen atoms in total. The van der Waals surface area contributed by atoms with Gasteiger partial charge in [-0.25, -0.2) is 9.97 Å².